The van der Waals surface area contributed by atoms with Crippen LogP contribution in [0.5, 0.6) is 11.5 Å². The number of nitrogens with one attached hydrogen (secondary N) is 1. The van der Waals surface area contributed by atoms with Gasteiger partial charge in [-0.05, 0) is 74.7 Å². The smallest absolute Gasteiger partial charge is 0.416 e. The molecule has 1 aliphatic heterocycles. The molecule has 0 unspecified atom stereocenters. The van der Waals surface area contributed by atoms with Gasteiger partial charge < -0.3 is 19.9 Å². The lowest BCUT2D eigenvalue weighted by Crippen LogP contribution is -2.47. The normalized spacial score (nSPS) is 17.5. The molecule has 4 rings (SSSR count). The average Bonchev–Trinajstić information content (AvgIpc) is 2.87. The molecule has 1 N–H and O–H groups in total. The van der Waals surface area contributed by atoms with Crippen LogP contribution in [0.2, 0.25) is 0 Å². The maximum absolute atomic E-state index is 13.3. The van der Waals surface area contributed by atoms with E-state index in [9.17, 15) is 18.0 Å². The van der Waals surface area contributed by atoms with E-state index in [0.29, 0.717) is 18.8 Å². The molecule has 1 aliphatic carbocycles. The predicted octanol–water partition coefficient (Wildman–Crippen LogP) is 6.83. The highest BCUT2D eigenvalue weighted by Gasteiger charge is 2.30. The van der Waals surface area contributed by atoms with Gasteiger partial charge in [-0.2, -0.15) is 13.2 Å². The fraction of sp³-hybridized carbons (Fsp3) is 0.536. The van der Waals surface area contributed by atoms with Crippen LogP contribution in [-0.2, 0) is 12.7 Å². The van der Waals surface area contributed by atoms with E-state index in [1.807, 2.05) is 11.0 Å². The molecule has 36 heavy (non-hydrogen) atoms. The SMILES string of the molecule is O=C(NC1CCCCC1)N(CCN1CCCCC1)Cc1cccc(Oc2cccc(C(F)(F)F)c2)c1. The van der Waals surface area contributed by atoms with Crippen LogP contribution in [-0.4, -0.2) is 48.1 Å². The molecule has 2 aromatic carbocycles. The Hall–Kier alpha value is -2.74. The highest BCUT2D eigenvalue weighted by atomic mass is 19.4. The van der Waals surface area contributed by atoms with E-state index in [-0.39, 0.29) is 17.8 Å². The summed E-state index contributed by atoms with van der Waals surface area (Å²) in [5.74, 6) is 0.564. The molecule has 2 aliphatic rings. The summed E-state index contributed by atoms with van der Waals surface area (Å²) >= 11 is 0. The summed E-state index contributed by atoms with van der Waals surface area (Å²) in [7, 11) is 0. The second-order valence-corrected chi connectivity index (χ2v) is 9.88. The number of benzene rings is 2. The van der Waals surface area contributed by atoms with Crippen molar-refractivity contribution in [1.29, 1.82) is 0 Å². The number of hydrogen-bond acceptors (Lipinski definition) is 3. The highest BCUT2D eigenvalue weighted by Crippen LogP contribution is 2.33. The van der Waals surface area contributed by atoms with Crippen molar-refractivity contribution in [3.8, 4) is 11.5 Å². The Morgan fingerprint density at radius 3 is 2.33 bits per heavy atom. The van der Waals surface area contributed by atoms with E-state index < -0.39 is 11.7 Å². The molecule has 0 bridgehead atoms. The predicted molar refractivity (Wildman–Crippen MR) is 134 cm³/mol. The summed E-state index contributed by atoms with van der Waals surface area (Å²) in [4.78, 5) is 17.5. The van der Waals surface area contributed by atoms with Gasteiger partial charge in [-0.3, -0.25) is 0 Å². The van der Waals surface area contributed by atoms with Crippen LogP contribution in [0.15, 0.2) is 48.5 Å². The second kappa shape index (κ2) is 12.5. The van der Waals surface area contributed by atoms with Crippen molar-refractivity contribution in [2.24, 2.45) is 0 Å². The average molecular weight is 504 g/mol. The Balaban J connectivity index is 1.43. The summed E-state index contributed by atoms with van der Waals surface area (Å²) in [5.41, 5.74) is 0.122. The van der Waals surface area contributed by atoms with Crippen molar-refractivity contribution < 1.29 is 22.7 Å². The maximum atomic E-state index is 13.3. The number of urea groups is 1. The Labute approximate surface area is 211 Å². The van der Waals surface area contributed by atoms with Crippen molar-refractivity contribution in [3.63, 3.8) is 0 Å². The molecule has 196 valence electrons. The van der Waals surface area contributed by atoms with E-state index in [4.69, 9.17) is 4.74 Å². The molecular formula is C28H36F3N3O2. The molecule has 5 nitrogen and oxygen atoms in total. The summed E-state index contributed by atoms with van der Waals surface area (Å²) in [5, 5.41) is 3.23. The van der Waals surface area contributed by atoms with Crippen molar-refractivity contribution in [2.75, 3.05) is 26.2 Å². The molecule has 0 atom stereocenters. The molecule has 0 radical (unpaired) electrons. The van der Waals surface area contributed by atoms with Crippen LogP contribution >= 0.6 is 0 Å². The molecule has 1 saturated heterocycles. The third kappa shape index (κ3) is 7.88. The number of carbonyl (C=O) groups excluding carboxylic acids is 1. The minimum Gasteiger partial charge on any atom is -0.457 e. The third-order valence-corrected chi connectivity index (χ3v) is 7.02. The number of likely N-dealkylation sites (tertiary alicyclic amines) is 1. The number of amides is 2. The van der Waals surface area contributed by atoms with Crippen molar-refractivity contribution in [3.05, 3.63) is 59.7 Å². The molecule has 0 spiro atoms. The topological polar surface area (TPSA) is 44.8 Å². The number of hydrogen-bond donors (Lipinski definition) is 1. The van der Waals surface area contributed by atoms with Crippen molar-refractivity contribution in [1.82, 2.24) is 15.1 Å². The second-order valence-electron chi connectivity index (χ2n) is 9.88. The number of nitrogens with zero attached hydrogens (tertiary/aromatic N) is 2. The fourth-order valence-electron chi connectivity index (χ4n) is 5.01. The van der Waals surface area contributed by atoms with Crippen LogP contribution < -0.4 is 10.1 Å². The van der Waals surface area contributed by atoms with Crippen LogP contribution in [0, 0.1) is 0 Å². The number of piperidine rings is 1. The molecule has 2 aromatic rings. The van der Waals surface area contributed by atoms with Gasteiger partial charge in [0.15, 0.2) is 0 Å². The van der Waals surface area contributed by atoms with Crippen LogP contribution in [0.25, 0.3) is 0 Å². The standard InChI is InChI=1S/C28H36F3N3O2/c29-28(30,31)23-10-8-14-26(20-23)36-25-13-7-9-22(19-25)21-34(18-17-33-15-5-2-6-16-33)27(35)32-24-11-3-1-4-12-24/h7-10,13-14,19-20,24H,1-6,11-12,15-18,21H2,(H,32,35). The number of carbonyl (C=O) groups is 1. The van der Waals surface area contributed by atoms with Gasteiger partial charge >= 0.3 is 12.2 Å². The number of ether oxygens (including phenoxy) is 1. The zero-order valence-electron chi connectivity index (χ0n) is 20.7. The highest BCUT2D eigenvalue weighted by molar-refractivity contribution is 5.74. The first-order valence-corrected chi connectivity index (χ1v) is 13.1. The lowest BCUT2D eigenvalue weighted by molar-refractivity contribution is -0.137. The largest absolute Gasteiger partial charge is 0.457 e. The molecule has 8 heteroatoms. The first-order valence-electron chi connectivity index (χ1n) is 13.1. The van der Waals surface area contributed by atoms with Gasteiger partial charge in [-0.1, -0.05) is 43.9 Å². The monoisotopic (exact) mass is 503 g/mol. The number of alkyl halides is 3. The Morgan fingerprint density at radius 2 is 1.61 bits per heavy atom. The Bertz CT molecular complexity index is 986. The van der Waals surface area contributed by atoms with Gasteiger partial charge in [0.25, 0.3) is 0 Å². The molecule has 0 aromatic heterocycles. The van der Waals surface area contributed by atoms with Crippen LogP contribution in [0.3, 0.4) is 0 Å². The first kappa shape index (κ1) is 26.3. The Morgan fingerprint density at radius 1 is 0.944 bits per heavy atom. The zero-order valence-corrected chi connectivity index (χ0v) is 20.7. The molecule has 1 heterocycles. The van der Waals surface area contributed by atoms with E-state index in [1.165, 1.54) is 37.8 Å². The molecule has 2 amide bonds. The van der Waals surface area contributed by atoms with Crippen molar-refractivity contribution >= 4 is 6.03 Å². The summed E-state index contributed by atoms with van der Waals surface area (Å²) < 4.78 is 44.9. The maximum Gasteiger partial charge on any atom is 0.416 e. The van der Waals surface area contributed by atoms with Gasteiger partial charge in [-0.25, -0.2) is 4.79 Å². The summed E-state index contributed by atoms with van der Waals surface area (Å²) in [6.07, 6.45) is 4.79. The van der Waals surface area contributed by atoms with E-state index in [0.717, 1.165) is 63.0 Å². The zero-order chi connectivity index (χ0) is 25.4. The third-order valence-electron chi connectivity index (χ3n) is 7.02. The van der Waals surface area contributed by atoms with Gasteiger partial charge in [0, 0.05) is 25.7 Å². The first-order chi connectivity index (χ1) is 17.4. The van der Waals surface area contributed by atoms with Crippen molar-refractivity contribution in [2.45, 2.75) is 70.1 Å². The van der Waals surface area contributed by atoms with Gasteiger partial charge in [-0.15, -0.1) is 0 Å². The van der Waals surface area contributed by atoms with E-state index in [2.05, 4.69) is 10.2 Å². The number of halogens is 3. The fourth-order valence-corrected chi connectivity index (χ4v) is 5.01. The minimum absolute atomic E-state index is 0.0527. The van der Waals surface area contributed by atoms with Crippen LogP contribution in [0.1, 0.15) is 62.5 Å². The summed E-state index contributed by atoms with van der Waals surface area (Å²) in [6.45, 7) is 4.00. The summed E-state index contributed by atoms with van der Waals surface area (Å²) in [6, 6.07) is 12.3. The Kier molecular flexibility index (Phi) is 9.13. The molecular weight excluding hydrogens is 467 g/mol. The molecule has 2 fully saturated rings. The number of rotatable bonds is 8. The van der Waals surface area contributed by atoms with E-state index in [1.54, 1.807) is 18.2 Å². The van der Waals surface area contributed by atoms with Gasteiger partial charge in [0.1, 0.15) is 11.5 Å². The lowest BCUT2D eigenvalue weighted by Gasteiger charge is -2.32. The molecule has 1 saturated carbocycles. The minimum atomic E-state index is -4.43. The van der Waals surface area contributed by atoms with Gasteiger partial charge in [0.2, 0.25) is 0 Å². The quantitative estimate of drug-likeness (QED) is 0.430. The van der Waals surface area contributed by atoms with Gasteiger partial charge in [0.05, 0.1) is 5.56 Å². The van der Waals surface area contributed by atoms with Crippen LogP contribution in [0.4, 0.5) is 18.0 Å². The van der Waals surface area contributed by atoms with E-state index >= 15 is 0 Å². The lowest BCUT2D eigenvalue weighted by atomic mass is 9.96.